The minimum atomic E-state index is -5.27. The number of nitrogens with one attached hydrogen (secondary N) is 1. The molecule has 0 unspecified atom stereocenters. The van der Waals surface area contributed by atoms with E-state index in [0.29, 0.717) is 42.1 Å². The van der Waals surface area contributed by atoms with Crippen LogP contribution >= 0.6 is 11.6 Å². The van der Waals surface area contributed by atoms with E-state index >= 15 is 0 Å². The van der Waals surface area contributed by atoms with E-state index in [-0.39, 0.29) is 12.2 Å². The molecule has 0 aliphatic heterocycles. The molecule has 0 amide bonds. The molecule has 0 saturated heterocycles. The molecule has 1 N–H and O–H groups in total. The molecule has 0 bridgehead atoms. The summed E-state index contributed by atoms with van der Waals surface area (Å²) < 4.78 is 43.6. The number of aryl methyl sites for hydroxylation is 3. The number of rotatable bonds is 9. The summed E-state index contributed by atoms with van der Waals surface area (Å²) in [4.78, 5) is 28.1. The molecule has 2 heterocycles. The van der Waals surface area contributed by atoms with Gasteiger partial charge in [0.15, 0.2) is 5.69 Å². The molecule has 2 aromatic heterocycles. The molecule has 0 atom stereocenters. The van der Waals surface area contributed by atoms with Crippen molar-refractivity contribution in [2.45, 2.75) is 44.8 Å². The highest BCUT2D eigenvalue weighted by atomic mass is 35.5. The number of esters is 2. The van der Waals surface area contributed by atoms with Crippen LogP contribution in [-0.2, 0) is 35.3 Å². The monoisotopic (exact) mass is 520 g/mol. The fourth-order valence-corrected chi connectivity index (χ4v) is 4.32. The highest BCUT2D eigenvalue weighted by Crippen LogP contribution is 2.34. The van der Waals surface area contributed by atoms with Crippen LogP contribution in [0.15, 0.2) is 42.7 Å². The van der Waals surface area contributed by atoms with E-state index in [0.717, 1.165) is 30.5 Å². The Balaban J connectivity index is 1.40. The van der Waals surface area contributed by atoms with Crippen molar-refractivity contribution in [2.24, 2.45) is 0 Å². The third-order valence-electron chi connectivity index (χ3n) is 5.92. The van der Waals surface area contributed by atoms with Gasteiger partial charge < -0.3 is 10.1 Å². The minimum absolute atomic E-state index is 0.118. The Hall–Kier alpha value is -3.24. The van der Waals surface area contributed by atoms with E-state index < -0.39 is 18.1 Å². The van der Waals surface area contributed by atoms with Crippen molar-refractivity contribution in [2.75, 3.05) is 13.1 Å². The molecule has 0 saturated carbocycles. The van der Waals surface area contributed by atoms with Crippen molar-refractivity contribution in [3.63, 3.8) is 0 Å². The number of hydrogen-bond acceptors (Lipinski definition) is 6. The summed E-state index contributed by atoms with van der Waals surface area (Å²) >= 11 is 5.90. The summed E-state index contributed by atoms with van der Waals surface area (Å²) in [6.07, 6.45) is 1.33. The normalized spacial score (nSPS) is 12.7. The van der Waals surface area contributed by atoms with Gasteiger partial charge in [0.25, 0.3) is 0 Å². The fraction of sp³-hybridized carbons (Fsp3) is 0.360. The lowest BCUT2D eigenvalue weighted by Crippen LogP contribution is -2.29. The lowest BCUT2D eigenvalue weighted by Gasteiger charge is -2.15. The molecule has 4 rings (SSSR count). The van der Waals surface area contributed by atoms with Gasteiger partial charge >= 0.3 is 18.1 Å². The highest BCUT2D eigenvalue weighted by Gasteiger charge is 2.43. The number of benzene rings is 1. The molecule has 1 aliphatic rings. The van der Waals surface area contributed by atoms with Crippen molar-refractivity contribution in [1.29, 1.82) is 0 Å². The second kappa shape index (κ2) is 11.2. The van der Waals surface area contributed by atoms with E-state index in [4.69, 9.17) is 11.6 Å². The predicted molar refractivity (Wildman–Crippen MR) is 127 cm³/mol. The first kappa shape index (κ1) is 25.8. The maximum absolute atomic E-state index is 12.7. The Morgan fingerprint density at radius 2 is 1.83 bits per heavy atom. The number of halogens is 4. The van der Waals surface area contributed by atoms with Gasteiger partial charge in [0.2, 0.25) is 0 Å². The molecule has 7 nitrogen and oxygen atoms in total. The molecule has 0 spiro atoms. The molecule has 11 heteroatoms. The summed E-state index contributed by atoms with van der Waals surface area (Å²) in [6, 6.07) is 9.44. The van der Waals surface area contributed by atoms with E-state index in [1.165, 1.54) is 10.2 Å². The van der Waals surface area contributed by atoms with Crippen molar-refractivity contribution >= 4 is 23.5 Å². The molecule has 1 aliphatic carbocycles. The van der Waals surface area contributed by atoms with Gasteiger partial charge in [0.1, 0.15) is 0 Å². The third kappa shape index (κ3) is 6.11. The number of carbonyl (C=O) groups excluding carboxylic acids is 2. The first-order valence-electron chi connectivity index (χ1n) is 11.6. The van der Waals surface area contributed by atoms with Gasteiger partial charge in [-0.25, -0.2) is 9.59 Å². The molecule has 0 radical (unpaired) electrons. The SMILES string of the molecule is O=C(OC(=O)C(F)(F)F)c1c2c(nn1CCCNCCCc1ccc(Cl)cc1)-c1ccncc1CC2. The number of ether oxygens (including phenoxy) is 1. The maximum Gasteiger partial charge on any atom is 0.491 e. The Morgan fingerprint density at radius 3 is 2.58 bits per heavy atom. The first-order valence-corrected chi connectivity index (χ1v) is 11.9. The van der Waals surface area contributed by atoms with Crippen LogP contribution in [0.3, 0.4) is 0 Å². The van der Waals surface area contributed by atoms with E-state index in [2.05, 4.69) is 20.1 Å². The summed E-state index contributed by atoms with van der Waals surface area (Å²) in [6.45, 7) is 1.65. The first-order chi connectivity index (χ1) is 17.2. The summed E-state index contributed by atoms with van der Waals surface area (Å²) in [5.74, 6) is -3.89. The van der Waals surface area contributed by atoms with E-state index in [9.17, 15) is 22.8 Å². The van der Waals surface area contributed by atoms with Gasteiger partial charge in [-0.05, 0) is 74.5 Å². The maximum atomic E-state index is 12.7. The van der Waals surface area contributed by atoms with Crippen LogP contribution in [-0.4, -0.2) is 46.0 Å². The zero-order valence-corrected chi connectivity index (χ0v) is 20.0. The zero-order chi connectivity index (χ0) is 25.7. The smallest absolute Gasteiger partial charge is 0.381 e. The number of carbonyl (C=O) groups is 2. The molecule has 1 aromatic carbocycles. The minimum Gasteiger partial charge on any atom is -0.381 e. The van der Waals surface area contributed by atoms with Crippen LogP contribution in [0.1, 0.15) is 40.0 Å². The fourth-order valence-electron chi connectivity index (χ4n) is 4.20. The lowest BCUT2D eigenvalue weighted by atomic mass is 9.90. The van der Waals surface area contributed by atoms with Crippen molar-refractivity contribution in [3.05, 3.63) is 70.1 Å². The second-order valence-corrected chi connectivity index (χ2v) is 8.88. The largest absolute Gasteiger partial charge is 0.491 e. The number of aromatic nitrogens is 3. The number of pyridine rings is 1. The summed E-state index contributed by atoms with van der Waals surface area (Å²) in [7, 11) is 0. The number of alkyl halides is 3. The summed E-state index contributed by atoms with van der Waals surface area (Å²) in [5, 5.41) is 8.54. The molecule has 36 heavy (non-hydrogen) atoms. The molecular formula is C25H24ClF3N4O3. The van der Waals surface area contributed by atoms with E-state index in [1.807, 2.05) is 24.3 Å². The van der Waals surface area contributed by atoms with Crippen LogP contribution in [0.2, 0.25) is 5.02 Å². The van der Waals surface area contributed by atoms with Gasteiger partial charge in [-0.15, -0.1) is 0 Å². The third-order valence-corrected chi connectivity index (χ3v) is 6.17. The van der Waals surface area contributed by atoms with Crippen LogP contribution in [0.25, 0.3) is 11.3 Å². The number of nitrogens with zero attached hydrogens (tertiary/aromatic N) is 3. The number of hydrogen-bond donors (Lipinski definition) is 1. The number of fused-ring (bicyclic) bond motifs is 3. The Labute approximate surface area is 210 Å². The summed E-state index contributed by atoms with van der Waals surface area (Å²) in [5.41, 5.74) is 3.75. The zero-order valence-electron chi connectivity index (χ0n) is 19.3. The van der Waals surface area contributed by atoms with Gasteiger partial charge in [-0.3, -0.25) is 9.67 Å². The molecular weight excluding hydrogens is 497 g/mol. The standard InChI is InChI=1S/C25H24ClF3N4O3/c26-18-7-4-16(5-8-18)3-1-11-30-12-2-14-33-22(23(34)36-24(35)25(27,28)29)20-9-6-17-15-31-13-10-19(17)21(20)32-33/h4-5,7-8,10,13,15,30H,1-3,6,9,11-12,14H2. The molecule has 3 aromatic rings. The predicted octanol–water partition coefficient (Wildman–Crippen LogP) is 4.56. The van der Waals surface area contributed by atoms with Gasteiger partial charge in [-0.2, -0.15) is 18.3 Å². The molecule has 0 fully saturated rings. The average molecular weight is 521 g/mol. The van der Waals surface area contributed by atoms with Crippen LogP contribution < -0.4 is 5.32 Å². The van der Waals surface area contributed by atoms with Gasteiger partial charge in [0, 0.05) is 35.1 Å². The average Bonchev–Trinajstić information content (AvgIpc) is 3.23. The quantitative estimate of drug-likeness (QED) is 0.253. The van der Waals surface area contributed by atoms with Crippen LogP contribution in [0, 0.1) is 0 Å². The molecule has 190 valence electrons. The van der Waals surface area contributed by atoms with Crippen LogP contribution in [0.5, 0.6) is 0 Å². The van der Waals surface area contributed by atoms with Crippen molar-refractivity contribution in [3.8, 4) is 11.3 Å². The Bertz CT molecular complexity index is 1240. The second-order valence-electron chi connectivity index (χ2n) is 8.44. The van der Waals surface area contributed by atoms with Crippen LogP contribution in [0.4, 0.5) is 13.2 Å². The van der Waals surface area contributed by atoms with E-state index in [1.54, 1.807) is 18.5 Å². The Kier molecular flexibility index (Phi) is 8.05. The highest BCUT2D eigenvalue weighted by molar-refractivity contribution is 6.30. The Morgan fingerprint density at radius 1 is 1.08 bits per heavy atom. The van der Waals surface area contributed by atoms with Crippen molar-refractivity contribution < 1.29 is 27.5 Å². The van der Waals surface area contributed by atoms with Gasteiger partial charge in [-0.1, -0.05) is 23.7 Å². The van der Waals surface area contributed by atoms with Crippen molar-refractivity contribution in [1.82, 2.24) is 20.1 Å². The lowest BCUT2D eigenvalue weighted by molar-refractivity contribution is -0.193. The van der Waals surface area contributed by atoms with Gasteiger partial charge in [0.05, 0.1) is 5.69 Å². The topological polar surface area (TPSA) is 86.1 Å².